The van der Waals surface area contributed by atoms with Gasteiger partial charge in [0.05, 0.1) is 11.6 Å². The fraction of sp³-hybridized carbons (Fsp3) is 0.364. The van der Waals surface area contributed by atoms with Gasteiger partial charge < -0.3 is 11.1 Å². The lowest BCUT2D eigenvalue weighted by molar-refractivity contribution is -0.137. The molecule has 102 valence electrons. The van der Waals surface area contributed by atoms with E-state index in [1.54, 1.807) is 0 Å². The summed E-state index contributed by atoms with van der Waals surface area (Å²) >= 11 is 0. The molecule has 3 nitrogen and oxygen atoms in total. The van der Waals surface area contributed by atoms with Crippen molar-refractivity contribution < 1.29 is 18.0 Å². The van der Waals surface area contributed by atoms with Gasteiger partial charge in [0, 0.05) is 6.54 Å². The third-order valence-corrected chi connectivity index (χ3v) is 2.13. The molecule has 1 rings (SSSR count). The number of nitrogens with two attached hydrogens (primary N) is 1. The lowest BCUT2D eigenvalue weighted by Gasteiger charge is -2.10. The van der Waals surface area contributed by atoms with Gasteiger partial charge in [-0.05, 0) is 24.6 Å². The fourth-order valence-corrected chi connectivity index (χ4v) is 1.21. The molecule has 1 amide bonds. The van der Waals surface area contributed by atoms with Crippen LogP contribution in [0.25, 0.3) is 0 Å². The van der Waals surface area contributed by atoms with E-state index in [1.165, 1.54) is 19.1 Å². The molecule has 0 fully saturated rings. The Morgan fingerprint density at radius 2 is 2.06 bits per heavy atom. The second-order valence-corrected chi connectivity index (χ2v) is 3.70. The molecule has 0 aromatic heterocycles. The second kappa shape index (κ2) is 6.61. The average Bonchev–Trinajstić information content (AvgIpc) is 2.25. The number of alkyl halides is 3. The quantitative estimate of drug-likeness (QED) is 0.892. The van der Waals surface area contributed by atoms with E-state index in [1.807, 2.05) is 0 Å². The zero-order chi connectivity index (χ0) is 13.1. The highest BCUT2D eigenvalue weighted by atomic mass is 35.5. The second-order valence-electron chi connectivity index (χ2n) is 3.70. The summed E-state index contributed by atoms with van der Waals surface area (Å²) in [6, 6.07) is 4.12. The van der Waals surface area contributed by atoms with Gasteiger partial charge in [0.1, 0.15) is 0 Å². The van der Waals surface area contributed by atoms with Gasteiger partial charge in [-0.3, -0.25) is 4.79 Å². The molecule has 0 bridgehead atoms. The first-order valence-corrected chi connectivity index (χ1v) is 5.00. The first-order valence-electron chi connectivity index (χ1n) is 5.00. The van der Waals surface area contributed by atoms with E-state index >= 15 is 0 Å². The summed E-state index contributed by atoms with van der Waals surface area (Å²) in [5.74, 6) is -0.401. The van der Waals surface area contributed by atoms with Crippen LogP contribution in [-0.2, 0) is 17.5 Å². The number of benzene rings is 1. The van der Waals surface area contributed by atoms with Gasteiger partial charge in [-0.15, -0.1) is 12.4 Å². The predicted octanol–water partition coefficient (Wildman–Crippen LogP) is 2.09. The van der Waals surface area contributed by atoms with Crippen LogP contribution in [0.2, 0.25) is 0 Å². The zero-order valence-corrected chi connectivity index (χ0v) is 10.4. The maximum Gasteiger partial charge on any atom is 0.416 e. The highest BCUT2D eigenvalue weighted by molar-refractivity contribution is 5.85. The monoisotopic (exact) mass is 282 g/mol. The topological polar surface area (TPSA) is 55.1 Å². The van der Waals surface area contributed by atoms with Crippen LogP contribution in [-0.4, -0.2) is 11.9 Å². The molecule has 7 heteroatoms. The largest absolute Gasteiger partial charge is 0.416 e. The summed E-state index contributed by atoms with van der Waals surface area (Å²) in [7, 11) is 0. The van der Waals surface area contributed by atoms with E-state index in [-0.39, 0.29) is 19.0 Å². The third-order valence-electron chi connectivity index (χ3n) is 2.13. The molecule has 1 aromatic carbocycles. The van der Waals surface area contributed by atoms with Gasteiger partial charge in [-0.2, -0.15) is 13.2 Å². The van der Waals surface area contributed by atoms with Crippen LogP contribution < -0.4 is 11.1 Å². The van der Waals surface area contributed by atoms with Crippen molar-refractivity contribution in [3.8, 4) is 0 Å². The minimum atomic E-state index is -4.37. The Morgan fingerprint density at radius 1 is 1.44 bits per heavy atom. The highest BCUT2D eigenvalue weighted by Gasteiger charge is 2.30. The van der Waals surface area contributed by atoms with Crippen LogP contribution in [0.4, 0.5) is 13.2 Å². The van der Waals surface area contributed by atoms with Crippen molar-refractivity contribution in [3.05, 3.63) is 35.4 Å². The molecule has 1 aromatic rings. The molecule has 0 heterocycles. The molecule has 0 aliphatic rings. The van der Waals surface area contributed by atoms with Crippen molar-refractivity contribution in [2.75, 3.05) is 0 Å². The number of carbonyl (C=O) groups is 1. The summed E-state index contributed by atoms with van der Waals surface area (Å²) in [6.45, 7) is 1.53. The molecular weight excluding hydrogens is 269 g/mol. The lowest BCUT2D eigenvalue weighted by atomic mass is 10.1. The van der Waals surface area contributed by atoms with Crippen LogP contribution in [0, 0.1) is 0 Å². The lowest BCUT2D eigenvalue weighted by Crippen LogP contribution is -2.37. The minimum Gasteiger partial charge on any atom is -0.351 e. The number of hydrogen-bond donors (Lipinski definition) is 2. The molecule has 0 unspecified atom stereocenters. The summed E-state index contributed by atoms with van der Waals surface area (Å²) in [4.78, 5) is 11.1. The van der Waals surface area contributed by atoms with Crippen LogP contribution in [0.5, 0.6) is 0 Å². The Kier molecular flexibility index (Phi) is 6.14. The van der Waals surface area contributed by atoms with Crippen LogP contribution in [0.1, 0.15) is 18.1 Å². The number of halogens is 4. The first kappa shape index (κ1) is 16.7. The highest BCUT2D eigenvalue weighted by Crippen LogP contribution is 2.29. The van der Waals surface area contributed by atoms with Crippen molar-refractivity contribution in [1.29, 1.82) is 0 Å². The first-order chi connectivity index (χ1) is 7.80. The molecule has 0 saturated carbocycles. The normalized spacial score (nSPS) is 12.5. The zero-order valence-electron chi connectivity index (χ0n) is 9.62. The van der Waals surface area contributed by atoms with Gasteiger partial charge in [0.15, 0.2) is 0 Å². The fourth-order valence-electron chi connectivity index (χ4n) is 1.21. The predicted molar refractivity (Wildman–Crippen MR) is 64.2 cm³/mol. The van der Waals surface area contributed by atoms with E-state index in [9.17, 15) is 18.0 Å². The Bertz CT molecular complexity index is 408. The summed E-state index contributed by atoms with van der Waals surface area (Å²) in [5, 5.41) is 2.45. The number of hydrogen-bond acceptors (Lipinski definition) is 2. The third kappa shape index (κ3) is 4.93. The number of carbonyl (C=O) groups excluding carboxylic acids is 1. The van der Waals surface area contributed by atoms with E-state index in [0.717, 1.165) is 12.1 Å². The molecule has 1 atom stereocenters. The van der Waals surface area contributed by atoms with Crippen molar-refractivity contribution in [1.82, 2.24) is 5.32 Å². The Balaban J connectivity index is 0.00000289. The Morgan fingerprint density at radius 3 is 2.56 bits per heavy atom. The maximum atomic E-state index is 12.4. The standard InChI is InChI=1S/C11H13F3N2O.ClH/c1-7(15)10(17)16-6-8-3-2-4-9(5-8)11(12,13)14;/h2-5,7H,6,15H2,1H3,(H,16,17);1H/t7-;/m0./s1. The maximum absolute atomic E-state index is 12.4. The number of rotatable bonds is 3. The molecule has 0 aliphatic carbocycles. The van der Waals surface area contributed by atoms with Gasteiger partial charge >= 0.3 is 6.18 Å². The van der Waals surface area contributed by atoms with Crippen LogP contribution in [0.3, 0.4) is 0 Å². The summed E-state index contributed by atoms with van der Waals surface area (Å²) < 4.78 is 37.2. The van der Waals surface area contributed by atoms with E-state index in [4.69, 9.17) is 5.73 Å². The van der Waals surface area contributed by atoms with Gasteiger partial charge in [-0.25, -0.2) is 0 Å². The summed E-state index contributed by atoms with van der Waals surface area (Å²) in [6.07, 6.45) is -4.37. The average molecular weight is 283 g/mol. The van der Waals surface area contributed by atoms with Gasteiger partial charge in [-0.1, -0.05) is 12.1 Å². The molecule has 18 heavy (non-hydrogen) atoms. The van der Waals surface area contributed by atoms with Crippen molar-refractivity contribution >= 4 is 18.3 Å². The van der Waals surface area contributed by atoms with Crippen LogP contribution in [0.15, 0.2) is 24.3 Å². The van der Waals surface area contributed by atoms with E-state index < -0.39 is 23.7 Å². The van der Waals surface area contributed by atoms with Gasteiger partial charge in [0.2, 0.25) is 5.91 Å². The van der Waals surface area contributed by atoms with Crippen molar-refractivity contribution in [3.63, 3.8) is 0 Å². The molecule has 0 aliphatic heterocycles. The van der Waals surface area contributed by atoms with E-state index in [2.05, 4.69) is 5.32 Å². The number of nitrogens with one attached hydrogen (secondary N) is 1. The van der Waals surface area contributed by atoms with Crippen molar-refractivity contribution in [2.45, 2.75) is 25.7 Å². The molecule has 0 radical (unpaired) electrons. The van der Waals surface area contributed by atoms with E-state index in [0.29, 0.717) is 5.56 Å². The Labute approximate surface area is 109 Å². The van der Waals surface area contributed by atoms with Gasteiger partial charge in [0.25, 0.3) is 0 Å². The van der Waals surface area contributed by atoms with Crippen molar-refractivity contribution in [2.24, 2.45) is 5.73 Å². The molecule has 0 spiro atoms. The molecule has 0 saturated heterocycles. The summed E-state index contributed by atoms with van der Waals surface area (Å²) in [5.41, 5.74) is 4.96. The van der Waals surface area contributed by atoms with Crippen LogP contribution >= 0.6 is 12.4 Å². The smallest absolute Gasteiger partial charge is 0.351 e. The SMILES string of the molecule is C[C@H](N)C(=O)NCc1cccc(C(F)(F)F)c1.Cl. The molecule has 3 N–H and O–H groups in total. The Hall–Kier alpha value is -1.27. The molecular formula is C11H14ClF3N2O. The number of amides is 1. The minimum absolute atomic E-state index is 0.